The Bertz CT molecular complexity index is 4340. The number of benzene rings is 6. The third-order valence-corrected chi connectivity index (χ3v) is 18.9. The van der Waals surface area contributed by atoms with Gasteiger partial charge in [-0.1, -0.05) is 54.6 Å². The van der Waals surface area contributed by atoms with Crippen LogP contribution in [-0.2, 0) is 75.9 Å². The molecule has 0 spiro atoms. The first-order chi connectivity index (χ1) is 50.7. The third kappa shape index (κ3) is 20.9. The highest BCUT2D eigenvalue weighted by Crippen LogP contribution is 2.52. The number of halogens is 9. The van der Waals surface area contributed by atoms with Gasteiger partial charge in [0.15, 0.2) is 18.3 Å². The second kappa shape index (κ2) is 34.7. The van der Waals surface area contributed by atoms with E-state index in [1.165, 1.54) is 18.2 Å². The van der Waals surface area contributed by atoms with Gasteiger partial charge in [-0.2, -0.15) is 39.5 Å². The fraction of sp³-hybridized carbons (Fsp3) is 0.464. The molecule has 24 heteroatoms. The average Bonchev–Trinajstić information content (AvgIpc) is 1.32. The third-order valence-electron chi connectivity index (χ3n) is 18.9. The van der Waals surface area contributed by atoms with E-state index >= 15 is 0 Å². The van der Waals surface area contributed by atoms with Crippen molar-refractivity contribution >= 4 is 36.2 Å². The van der Waals surface area contributed by atoms with Gasteiger partial charge in [-0.3, -0.25) is 0 Å². The molecule has 6 aliphatic rings. The first kappa shape index (κ1) is 83.6. The first-order valence-electron chi connectivity index (χ1n) is 36.5. The van der Waals surface area contributed by atoms with E-state index in [2.05, 4.69) is 6.08 Å². The fourth-order valence-electron chi connectivity index (χ4n) is 14.3. The van der Waals surface area contributed by atoms with Gasteiger partial charge in [0.2, 0.25) is 0 Å². The summed E-state index contributed by atoms with van der Waals surface area (Å²) < 4.78 is 173. The molecule has 3 unspecified atom stereocenters. The Morgan fingerprint density at radius 2 is 0.759 bits per heavy atom. The smallest absolute Gasteiger partial charge is 0.483 e. The van der Waals surface area contributed by atoms with Crippen molar-refractivity contribution < 1.29 is 107 Å². The van der Waals surface area contributed by atoms with Crippen molar-refractivity contribution in [1.82, 2.24) is 0 Å². The van der Waals surface area contributed by atoms with E-state index in [1.807, 2.05) is 30.4 Å². The molecule has 3 N–H and O–H groups in total. The number of carbonyl (C=O) groups is 3. The van der Waals surface area contributed by atoms with Gasteiger partial charge in [-0.15, -0.1) is 0 Å². The Balaban J connectivity index is 0.000000177. The van der Waals surface area contributed by atoms with E-state index < -0.39 is 95.4 Å². The van der Waals surface area contributed by atoms with Crippen LogP contribution in [0.2, 0.25) is 0 Å². The molecule has 0 aromatic heterocycles. The number of esters is 2. The second-order valence-electron chi connectivity index (χ2n) is 30.4. The summed E-state index contributed by atoms with van der Waals surface area (Å²) in [5.41, 5.74) is 3.70. The Morgan fingerprint density at radius 1 is 0.426 bits per heavy atom. The molecule has 6 aromatic carbocycles. The number of alkyl halides is 9. The zero-order chi connectivity index (χ0) is 79.0. The number of allylic oxidation sites excluding steroid dienone is 6. The van der Waals surface area contributed by atoms with Gasteiger partial charge in [-0.05, 0) is 304 Å². The summed E-state index contributed by atoms with van der Waals surface area (Å²) in [6, 6.07) is 23.6. The van der Waals surface area contributed by atoms with Crippen LogP contribution in [0.1, 0.15) is 224 Å². The molecule has 3 heterocycles. The van der Waals surface area contributed by atoms with Crippen molar-refractivity contribution in [3.8, 4) is 50.6 Å². The molecular formula is C84H96BF9O14. The number of hydrogen-bond acceptors (Lipinski definition) is 13. The predicted octanol–water partition coefficient (Wildman–Crippen LogP) is 20.6. The number of methoxy groups -OCH3 is 2. The van der Waals surface area contributed by atoms with E-state index in [1.54, 1.807) is 106 Å². The molecule has 6 aromatic rings. The molecule has 0 fully saturated rings. The molecule has 14 nitrogen and oxygen atoms in total. The lowest BCUT2D eigenvalue weighted by atomic mass is 9.79. The highest BCUT2D eigenvalue weighted by atomic mass is 19.4. The van der Waals surface area contributed by atoms with E-state index in [9.17, 15) is 59.0 Å². The number of rotatable bonds is 15. The number of carboxylic acids is 1. The zero-order valence-electron chi connectivity index (χ0n) is 63.2. The quantitative estimate of drug-likeness (QED) is 0.0501. The van der Waals surface area contributed by atoms with E-state index in [0.717, 1.165) is 174 Å². The van der Waals surface area contributed by atoms with Crippen LogP contribution in [0.5, 0.6) is 17.2 Å². The largest absolute Gasteiger partial charge is 0.493 e. The Morgan fingerprint density at radius 3 is 1.06 bits per heavy atom. The van der Waals surface area contributed by atoms with Crippen molar-refractivity contribution in [2.24, 2.45) is 0 Å². The molecule has 0 amide bonds. The molecule has 0 radical (unpaired) electrons. The van der Waals surface area contributed by atoms with Gasteiger partial charge >= 0.3 is 43.6 Å². The molecule has 3 atom stereocenters. The standard InChI is InChI=1S/C28H31F3O4.C27H29F3O4.C24H27F3O4.C5H9BO2/c1-27(2,3)35-25(26(32)33-4)24-21(28(29,30)31)13-12-20(17-8-5-6-9-17)23(24)19-11-14-22-18(16-19)10-7-15-34-22;1-26(2,3)34-24(25(31)32)23-20(27(28,29)30)12-11-19(16-7-4-5-8-16)22(23)18-10-13-21-17(15-18)9-6-14-33-21;1-14-8-10-17(24(25,26)27)20(21(22(28)29-5)31-23(2,3)4)19(14)16-9-11-18-15(13-16)7-6-12-30-18;7-6(8)5-3-1-2-4-5/h8,11-14,16,25H,5-7,9-10,15H2,1-4H3;7,10-13,15,24H,4-6,8-9,14H2,1-3H3,(H,31,32);8-11,13,21H,6-7,12H2,1-5H3;3,7-8H,1-2,4H2. The number of aliphatic carboxylic acids is 1. The summed E-state index contributed by atoms with van der Waals surface area (Å²) >= 11 is 0. The molecule has 3 aliphatic heterocycles. The lowest BCUT2D eigenvalue weighted by Gasteiger charge is -2.31. The maximum Gasteiger partial charge on any atom is 0.483 e. The lowest BCUT2D eigenvalue weighted by molar-refractivity contribution is -0.167. The Kier molecular flexibility index (Phi) is 26.8. The molecule has 0 bridgehead atoms. The average molecular weight is 1510 g/mol. The highest BCUT2D eigenvalue weighted by Gasteiger charge is 2.46. The molecule has 0 saturated carbocycles. The second-order valence-corrected chi connectivity index (χ2v) is 30.4. The van der Waals surface area contributed by atoms with Gasteiger partial charge < -0.3 is 53.0 Å². The van der Waals surface area contributed by atoms with Crippen LogP contribution >= 0.6 is 0 Å². The summed E-state index contributed by atoms with van der Waals surface area (Å²) in [5.74, 6) is -1.02. The summed E-state index contributed by atoms with van der Waals surface area (Å²) in [4.78, 5) is 38.0. The van der Waals surface area contributed by atoms with E-state index in [0.29, 0.717) is 70.1 Å². The number of fused-ring (bicyclic) bond motifs is 3. The molecule has 0 saturated heterocycles. The minimum Gasteiger partial charge on any atom is -0.493 e. The van der Waals surface area contributed by atoms with Crippen molar-refractivity contribution in [2.75, 3.05) is 34.0 Å². The summed E-state index contributed by atoms with van der Waals surface area (Å²) in [7, 11) is 1.10. The van der Waals surface area contributed by atoms with Gasteiger partial charge in [0.05, 0.1) is 67.5 Å². The van der Waals surface area contributed by atoms with Crippen LogP contribution in [-0.4, -0.2) is 91.0 Å². The summed E-state index contributed by atoms with van der Waals surface area (Å²) in [5, 5.41) is 27.2. The Hall–Kier alpha value is -8.42. The van der Waals surface area contributed by atoms with Crippen molar-refractivity contribution in [2.45, 2.75) is 219 Å². The first-order valence-corrected chi connectivity index (χ1v) is 36.5. The Labute approximate surface area is 625 Å². The van der Waals surface area contributed by atoms with Crippen LogP contribution < -0.4 is 14.2 Å². The van der Waals surface area contributed by atoms with Crippen LogP contribution in [0, 0.1) is 6.92 Å². The monoisotopic (exact) mass is 1510 g/mol. The minimum absolute atomic E-state index is 0.207. The molecular weight excluding hydrogens is 1410 g/mol. The number of carboxylic acid groups (broad SMARTS) is 1. The maximum absolute atomic E-state index is 14.4. The molecule has 108 heavy (non-hydrogen) atoms. The fourth-order valence-corrected chi connectivity index (χ4v) is 14.3. The van der Waals surface area contributed by atoms with Gasteiger partial charge in [-0.25, -0.2) is 14.4 Å². The number of aryl methyl sites for hydroxylation is 4. The normalized spacial score (nSPS) is 16.5. The zero-order valence-corrected chi connectivity index (χ0v) is 63.2. The molecule has 582 valence electrons. The van der Waals surface area contributed by atoms with Crippen LogP contribution in [0.15, 0.2) is 115 Å². The highest BCUT2D eigenvalue weighted by molar-refractivity contribution is 6.50. The van der Waals surface area contributed by atoms with E-state index in [-0.39, 0.29) is 22.3 Å². The number of carbonyl (C=O) groups excluding carboxylic acids is 2. The van der Waals surface area contributed by atoms with Crippen LogP contribution in [0.4, 0.5) is 39.5 Å². The topological polar surface area (TPSA) is 186 Å². The molecule has 12 rings (SSSR count). The number of hydrogen-bond donors (Lipinski definition) is 3. The predicted molar refractivity (Wildman–Crippen MR) is 395 cm³/mol. The van der Waals surface area contributed by atoms with Crippen LogP contribution in [0.25, 0.3) is 44.5 Å². The SMILES string of the molecule is CC(C)(C)OC(C(=O)O)c1c(C(F)(F)F)ccc(C2=CCCC2)c1-c1ccc2c(c1)CCCO2.COC(=O)C(OC(C)(C)C)c1c(C(F)(F)F)ccc(C)c1-c1ccc2c(c1)CCCO2.COC(=O)C(OC(C)(C)C)c1c(C(F)(F)F)ccc(C2=CCCC2)c1-c1ccc2c(c1)CCCO2.OB(O)C1=CCCC1. The summed E-state index contributed by atoms with van der Waals surface area (Å²) in [6.45, 7) is 18.6. The van der Waals surface area contributed by atoms with E-state index in [4.69, 9.17) is 47.9 Å². The number of ether oxygens (including phenoxy) is 8. The minimum atomic E-state index is -4.75. The van der Waals surface area contributed by atoms with Crippen molar-refractivity contribution in [3.63, 3.8) is 0 Å². The molecule has 3 aliphatic carbocycles. The van der Waals surface area contributed by atoms with Crippen molar-refractivity contribution in [3.05, 3.63) is 181 Å². The van der Waals surface area contributed by atoms with Crippen LogP contribution in [0.3, 0.4) is 0 Å². The maximum atomic E-state index is 14.4. The van der Waals surface area contributed by atoms with Gasteiger partial charge in [0.1, 0.15) is 17.2 Å². The van der Waals surface area contributed by atoms with Crippen molar-refractivity contribution in [1.29, 1.82) is 0 Å². The van der Waals surface area contributed by atoms with Gasteiger partial charge in [0.25, 0.3) is 0 Å². The lowest BCUT2D eigenvalue weighted by Crippen LogP contribution is -2.30. The summed E-state index contributed by atoms with van der Waals surface area (Å²) in [6.07, 6.45) is -0.282. The van der Waals surface area contributed by atoms with Gasteiger partial charge in [0, 0.05) is 16.7 Å².